The number of nitrogens with one attached hydrogen (secondary N) is 1. The SMILES string of the molecule is CCC(C)N(C)CCNc1c(N)c(C(C)C)nn1C. The van der Waals surface area contributed by atoms with Gasteiger partial charge < -0.3 is 16.0 Å². The zero-order valence-electron chi connectivity index (χ0n) is 13.2. The number of nitrogens with two attached hydrogens (primary N) is 1. The van der Waals surface area contributed by atoms with Gasteiger partial charge in [0, 0.05) is 26.2 Å². The third-order valence-corrected chi connectivity index (χ3v) is 3.76. The molecule has 0 aromatic carbocycles. The van der Waals surface area contributed by atoms with Gasteiger partial charge in [-0.25, -0.2) is 0 Å². The number of hydrogen-bond acceptors (Lipinski definition) is 4. The van der Waals surface area contributed by atoms with E-state index in [4.69, 9.17) is 5.73 Å². The Morgan fingerprint density at radius 3 is 2.47 bits per heavy atom. The van der Waals surface area contributed by atoms with E-state index in [1.165, 1.54) is 6.42 Å². The summed E-state index contributed by atoms with van der Waals surface area (Å²) in [6.45, 7) is 10.6. The minimum atomic E-state index is 0.351. The molecular formula is C14H29N5. The van der Waals surface area contributed by atoms with Crippen LogP contribution >= 0.6 is 0 Å². The highest BCUT2D eigenvalue weighted by Crippen LogP contribution is 2.27. The highest BCUT2D eigenvalue weighted by Gasteiger charge is 2.15. The lowest BCUT2D eigenvalue weighted by atomic mass is 10.1. The number of likely N-dealkylation sites (N-methyl/N-ethyl adjacent to an activating group) is 1. The molecule has 110 valence electrons. The van der Waals surface area contributed by atoms with E-state index in [1.54, 1.807) is 0 Å². The van der Waals surface area contributed by atoms with E-state index in [0.29, 0.717) is 12.0 Å². The van der Waals surface area contributed by atoms with Crippen LogP contribution in [0.1, 0.15) is 45.7 Å². The molecule has 0 aliphatic carbocycles. The van der Waals surface area contributed by atoms with Gasteiger partial charge in [0.2, 0.25) is 0 Å². The largest absolute Gasteiger partial charge is 0.394 e. The van der Waals surface area contributed by atoms with E-state index in [1.807, 2.05) is 11.7 Å². The molecule has 3 N–H and O–H groups in total. The van der Waals surface area contributed by atoms with Gasteiger partial charge in [-0.05, 0) is 26.3 Å². The topological polar surface area (TPSA) is 59.1 Å². The van der Waals surface area contributed by atoms with Crippen molar-refractivity contribution in [1.82, 2.24) is 14.7 Å². The van der Waals surface area contributed by atoms with Crippen LogP contribution in [-0.4, -0.2) is 40.9 Å². The quantitative estimate of drug-likeness (QED) is 0.795. The van der Waals surface area contributed by atoms with Gasteiger partial charge in [-0.3, -0.25) is 4.68 Å². The number of rotatable bonds is 7. The van der Waals surface area contributed by atoms with Crippen molar-refractivity contribution >= 4 is 11.5 Å². The first-order valence-corrected chi connectivity index (χ1v) is 7.14. The summed E-state index contributed by atoms with van der Waals surface area (Å²) < 4.78 is 1.84. The summed E-state index contributed by atoms with van der Waals surface area (Å²) in [7, 11) is 4.09. The number of aryl methyl sites for hydroxylation is 1. The summed E-state index contributed by atoms with van der Waals surface area (Å²) >= 11 is 0. The fourth-order valence-electron chi connectivity index (χ4n) is 2.08. The lowest BCUT2D eigenvalue weighted by molar-refractivity contribution is 0.261. The van der Waals surface area contributed by atoms with Gasteiger partial charge in [-0.2, -0.15) is 5.10 Å². The van der Waals surface area contributed by atoms with Crippen molar-refractivity contribution in [3.63, 3.8) is 0 Å². The van der Waals surface area contributed by atoms with Gasteiger partial charge in [0.15, 0.2) is 0 Å². The van der Waals surface area contributed by atoms with Gasteiger partial charge in [0.05, 0.1) is 11.4 Å². The molecular weight excluding hydrogens is 238 g/mol. The summed E-state index contributed by atoms with van der Waals surface area (Å²) in [4.78, 5) is 2.35. The lowest BCUT2D eigenvalue weighted by Gasteiger charge is -2.23. The van der Waals surface area contributed by atoms with Crippen LogP contribution in [-0.2, 0) is 7.05 Å². The summed E-state index contributed by atoms with van der Waals surface area (Å²) in [5.41, 5.74) is 7.90. The molecule has 0 aliphatic rings. The molecule has 0 saturated carbocycles. The Labute approximate surface area is 117 Å². The number of nitrogens with zero attached hydrogens (tertiary/aromatic N) is 3. The van der Waals surface area contributed by atoms with Crippen LogP contribution in [0.3, 0.4) is 0 Å². The van der Waals surface area contributed by atoms with Crippen LogP contribution in [0, 0.1) is 0 Å². The Morgan fingerprint density at radius 2 is 2.00 bits per heavy atom. The van der Waals surface area contributed by atoms with Crippen molar-refractivity contribution in [2.75, 3.05) is 31.2 Å². The van der Waals surface area contributed by atoms with Gasteiger partial charge in [-0.1, -0.05) is 20.8 Å². The molecule has 19 heavy (non-hydrogen) atoms. The molecule has 0 aliphatic heterocycles. The van der Waals surface area contributed by atoms with Crippen molar-refractivity contribution in [3.05, 3.63) is 5.69 Å². The van der Waals surface area contributed by atoms with E-state index >= 15 is 0 Å². The van der Waals surface area contributed by atoms with E-state index in [9.17, 15) is 0 Å². The van der Waals surface area contributed by atoms with Crippen LogP contribution in [0.15, 0.2) is 0 Å². The predicted molar refractivity (Wildman–Crippen MR) is 82.6 cm³/mol. The molecule has 1 heterocycles. The van der Waals surface area contributed by atoms with E-state index in [2.05, 4.69) is 50.1 Å². The maximum absolute atomic E-state index is 6.15. The number of anilines is 2. The molecule has 0 bridgehead atoms. The molecule has 1 aromatic heterocycles. The lowest BCUT2D eigenvalue weighted by Crippen LogP contribution is -2.33. The Bertz CT molecular complexity index is 397. The maximum Gasteiger partial charge on any atom is 0.147 e. The molecule has 0 saturated heterocycles. The minimum absolute atomic E-state index is 0.351. The van der Waals surface area contributed by atoms with Crippen LogP contribution < -0.4 is 11.1 Å². The van der Waals surface area contributed by atoms with Crippen molar-refractivity contribution < 1.29 is 0 Å². The first-order chi connectivity index (χ1) is 8.88. The van der Waals surface area contributed by atoms with Gasteiger partial charge in [-0.15, -0.1) is 0 Å². The summed E-state index contributed by atoms with van der Waals surface area (Å²) in [5.74, 6) is 1.28. The highest BCUT2D eigenvalue weighted by molar-refractivity contribution is 5.65. The number of aromatic nitrogens is 2. The minimum Gasteiger partial charge on any atom is -0.394 e. The molecule has 5 heteroatoms. The molecule has 1 atom stereocenters. The summed E-state index contributed by atoms with van der Waals surface area (Å²) in [5, 5.41) is 7.87. The van der Waals surface area contributed by atoms with E-state index in [-0.39, 0.29) is 0 Å². The Kier molecular flexibility index (Phi) is 5.66. The second-order valence-electron chi connectivity index (χ2n) is 5.59. The Morgan fingerprint density at radius 1 is 1.37 bits per heavy atom. The standard InChI is InChI=1S/C14H29N5/c1-7-11(4)18(5)9-8-16-14-12(15)13(10(2)3)17-19(14)6/h10-11,16H,7-9,15H2,1-6H3. The Balaban J connectivity index is 2.59. The molecule has 1 aromatic rings. The van der Waals surface area contributed by atoms with Crippen LogP contribution in [0.5, 0.6) is 0 Å². The van der Waals surface area contributed by atoms with Gasteiger partial charge in [0.25, 0.3) is 0 Å². The monoisotopic (exact) mass is 267 g/mol. The smallest absolute Gasteiger partial charge is 0.147 e. The average Bonchev–Trinajstić information content (AvgIpc) is 2.65. The average molecular weight is 267 g/mol. The number of nitrogen functional groups attached to an aromatic ring is 1. The van der Waals surface area contributed by atoms with Crippen molar-refractivity contribution in [2.45, 2.75) is 46.1 Å². The zero-order chi connectivity index (χ0) is 14.6. The number of hydrogen-bond donors (Lipinski definition) is 2. The third-order valence-electron chi connectivity index (χ3n) is 3.76. The van der Waals surface area contributed by atoms with Crippen molar-refractivity contribution in [1.29, 1.82) is 0 Å². The molecule has 5 nitrogen and oxygen atoms in total. The molecule has 0 radical (unpaired) electrons. The molecule has 0 fully saturated rings. The molecule has 1 unspecified atom stereocenters. The normalized spacial score (nSPS) is 13.3. The van der Waals surface area contributed by atoms with Gasteiger partial charge in [0.1, 0.15) is 5.82 Å². The molecule has 0 spiro atoms. The second-order valence-corrected chi connectivity index (χ2v) is 5.59. The van der Waals surface area contributed by atoms with Crippen LogP contribution in [0.25, 0.3) is 0 Å². The fraction of sp³-hybridized carbons (Fsp3) is 0.786. The van der Waals surface area contributed by atoms with Crippen molar-refractivity contribution in [2.24, 2.45) is 7.05 Å². The summed E-state index contributed by atoms with van der Waals surface area (Å²) in [6.07, 6.45) is 1.17. The van der Waals surface area contributed by atoms with Crippen LogP contribution in [0.2, 0.25) is 0 Å². The molecule has 1 rings (SSSR count). The van der Waals surface area contributed by atoms with E-state index in [0.717, 1.165) is 30.3 Å². The fourth-order valence-corrected chi connectivity index (χ4v) is 2.08. The highest BCUT2D eigenvalue weighted by atomic mass is 15.3. The first-order valence-electron chi connectivity index (χ1n) is 7.14. The van der Waals surface area contributed by atoms with Gasteiger partial charge >= 0.3 is 0 Å². The van der Waals surface area contributed by atoms with E-state index < -0.39 is 0 Å². The second kappa shape index (κ2) is 6.80. The van der Waals surface area contributed by atoms with Crippen LogP contribution in [0.4, 0.5) is 11.5 Å². The maximum atomic E-state index is 6.15. The summed E-state index contributed by atoms with van der Waals surface area (Å²) in [6, 6.07) is 0.608. The van der Waals surface area contributed by atoms with Crippen molar-refractivity contribution in [3.8, 4) is 0 Å². The third kappa shape index (κ3) is 3.86. The zero-order valence-corrected chi connectivity index (χ0v) is 13.2. The molecule has 0 amide bonds. The first kappa shape index (κ1) is 15.8. The Hall–Kier alpha value is -1.23. The predicted octanol–water partition coefficient (Wildman–Crippen LogP) is 2.27.